The van der Waals surface area contributed by atoms with Gasteiger partial charge in [0.15, 0.2) is 5.82 Å². The zero-order valence-corrected chi connectivity index (χ0v) is 16.2. The molecule has 0 aliphatic heterocycles. The summed E-state index contributed by atoms with van der Waals surface area (Å²) in [4.78, 5) is 31.3. The minimum absolute atomic E-state index is 0.196. The van der Waals surface area contributed by atoms with E-state index in [1.807, 2.05) is 24.3 Å². The third-order valence-electron chi connectivity index (χ3n) is 4.15. The number of primary amides is 1. The highest BCUT2D eigenvalue weighted by Gasteiger charge is 2.18. The van der Waals surface area contributed by atoms with Gasteiger partial charge in [0.1, 0.15) is 19.6 Å². The van der Waals surface area contributed by atoms with Gasteiger partial charge in [0.05, 0.1) is 26.7 Å². The summed E-state index contributed by atoms with van der Waals surface area (Å²) < 4.78 is 2.10. The highest BCUT2D eigenvalue weighted by molar-refractivity contribution is 7.16. The van der Waals surface area contributed by atoms with Crippen LogP contribution in [0.3, 0.4) is 0 Å². The normalized spacial score (nSPS) is 12.2. The largest absolute Gasteiger partial charge is 0.368 e. The van der Waals surface area contributed by atoms with E-state index < -0.39 is 5.91 Å². The molecule has 3 N–H and O–H groups in total. The maximum Gasteiger partial charge on any atom is 0.262 e. The van der Waals surface area contributed by atoms with E-state index >= 15 is 0 Å². The Morgan fingerprint density at radius 3 is 2.74 bits per heavy atom. The second kappa shape index (κ2) is 8.47. The Morgan fingerprint density at radius 1 is 1.30 bits per heavy atom. The molecule has 3 rings (SSSR count). The van der Waals surface area contributed by atoms with E-state index in [9.17, 15) is 9.59 Å². The Labute approximate surface area is 165 Å². The fourth-order valence-corrected chi connectivity index (χ4v) is 4.15. The smallest absolute Gasteiger partial charge is 0.262 e. The lowest BCUT2D eigenvalue weighted by Crippen LogP contribution is -3.09. The molecule has 0 saturated heterocycles. The first-order valence-corrected chi connectivity index (χ1v) is 9.63. The average Bonchev–Trinajstić information content (AvgIpc) is 3.03. The molecule has 140 valence electrons. The first-order valence-electron chi connectivity index (χ1n) is 8.43. The van der Waals surface area contributed by atoms with Crippen molar-refractivity contribution in [3.8, 4) is 0 Å². The van der Waals surface area contributed by atoms with Crippen LogP contribution in [0.25, 0.3) is 10.9 Å². The van der Waals surface area contributed by atoms with Crippen LogP contribution in [0.15, 0.2) is 53.8 Å². The van der Waals surface area contributed by atoms with Crippen LogP contribution in [-0.4, -0.2) is 22.0 Å². The summed E-state index contributed by atoms with van der Waals surface area (Å²) in [5.41, 5.74) is 5.71. The van der Waals surface area contributed by atoms with Crippen LogP contribution in [0.2, 0.25) is 4.34 Å². The number of nitrogens with zero attached hydrogens (tertiary/aromatic N) is 2. The Bertz CT molecular complexity index is 1040. The summed E-state index contributed by atoms with van der Waals surface area (Å²) >= 11 is 7.55. The van der Waals surface area contributed by atoms with Crippen molar-refractivity contribution in [2.75, 3.05) is 6.54 Å². The van der Waals surface area contributed by atoms with Crippen LogP contribution in [0.1, 0.15) is 10.7 Å². The fourth-order valence-electron chi connectivity index (χ4n) is 3.00. The number of nitrogens with one attached hydrogen (secondary N) is 1. The first-order chi connectivity index (χ1) is 13.0. The van der Waals surface area contributed by atoms with Gasteiger partial charge in [-0.25, -0.2) is 4.98 Å². The number of quaternary nitrogens is 1. The third-order valence-corrected chi connectivity index (χ3v) is 5.38. The van der Waals surface area contributed by atoms with Crippen molar-refractivity contribution >= 4 is 39.7 Å². The molecule has 8 heteroatoms. The number of halogens is 1. The van der Waals surface area contributed by atoms with Crippen molar-refractivity contribution in [2.24, 2.45) is 5.73 Å². The Kier molecular flexibility index (Phi) is 6.05. The number of nitrogens with two attached hydrogens (primary N) is 1. The van der Waals surface area contributed by atoms with Gasteiger partial charge in [0.2, 0.25) is 5.91 Å². The van der Waals surface area contributed by atoms with E-state index in [0.29, 0.717) is 36.4 Å². The van der Waals surface area contributed by atoms with Gasteiger partial charge >= 0.3 is 0 Å². The van der Waals surface area contributed by atoms with Crippen molar-refractivity contribution in [2.45, 2.75) is 19.6 Å². The molecule has 2 heterocycles. The molecule has 1 unspecified atom stereocenters. The Morgan fingerprint density at radius 2 is 2.07 bits per heavy atom. The van der Waals surface area contributed by atoms with Crippen LogP contribution in [0.5, 0.6) is 0 Å². The number of aromatic nitrogens is 2. The van der Waals surface area contributed by atoms with E-state index in [1.165, 1.54) is 15.9 Å². The van der Waals surface area contributed by atoms with Gasteiger partial charge in [-0.05, 0) is 30.3 Å². The highest BCUT2D eigenvalue weighted by atomic mass is 35.5. The SMILES string of the molecule is C=CC[NH+](Cc1ccc(Cl)s1)Cc1nc2ccccc2c(=O)n1CC(N)=O. The maximum atomic E-state index is 12.9. The molecule has 2 aromatic heterocycles. The molecular weight excluding hydrogens is 384 g/mol. The van der Waals surface area contributed by atoms with E-state index in [4.69, 9.17) is 17.3 Å². The van der Waals surface area contributed by atoms with Gasteiger partial charge in [-0.2, -0.15) is 0 Å². The molecule has 0 saturated carbocycles. The zero-order chi connectivity index (χ0) is 19.4. The minimum atomic E-state index is -0.578. The number of carbonyl (C=O) groups excluding carboxylic acids is 1. The number of amides is 1. The van der Waals surface area contributed by atoms with Gasteiger partial charge in [0, 0.05) is 0 Å². The topological polar surface area (TPSA) is 82.4 Å². The maximum absolute atomic E-state index is 12.9. The predicted molar refractivity (Wildman–Crippen MR) is 108 cm³/mol. The molecular formula is C19H20ClN4O2S+. The summed E-state index contributed by atoms with van der Waals surface area (Å²) in [7, 11) is 0. The fraction of sp³-hybridized carbons (Fsp3) is 0.211. The van der Waals surface area contributed by atoms with E-state index in [0.717, 1.165) is 14.1 Å². The van der Waals surface area contributed by atoms with Crippen molar-refractivity contribution in [1.82, 2.24) is 9.55 Å². The zero-order valence-electron chi connectivity index (χ0n) is 14.7. The van der Waals surface area contributed by atoms with Crippen molar-refractivity contribution < 1.29 is 9.69 Å². The number of fused-ring (bicyclic) bond motifs is 1. The lowest BCUT2D eigenvalue weighted by Gasteiger charge is -2.19. The summed E-state index contributed by atoms with van der Waals surface area (Å²) in [5, 5.41) is 0.470. The molecule has 3 aromatic rings. The monoisotopic (exact) mass is 403 g/mol. The summed E-state index contributed by atoms with van der Waals surface area (Å²) in [6.07, 6.45) is 1.82. The number of hydrogen-bond donors (Lipinski definition) is 2. The average molecular weight is 404 g/mol. The van der Waals surface area contributed by atoms with Gasteiger partial charge in [0.25, 0.3) is 5.56 Å². The van der Waals surface area contributed by atoms with E-state index in [2.05, 4.69) is 11.6 Å². The van der Waals surface area contributed by atoms with E-state index in [1.54, 1.807) is 18.2 Å². The Hall–Kier alpha value is -2.48. The number of carbonyl (C=O) groups is 1. The number of thiophene rings is 1. The first kappa shape index (κ1) is 19.3. The molecule has 6 nitrogen and oxygen atoms in total. The molecule has 0 aliphatic carbocycles. The van der Waals surface area contributed by atoms with Crippen LogP contribution < -0.4 is 16.2 Å². The van der Waals surface area contributed by atoms with Crippen LogP contribution >= 0.6 is 22.9 Å². The molecule has 1 atom stereocenters. The molecule has 0 spiro atoms. The molecule has 1 amide bonds. The second-order valence-electron chi connectivity index (χ2n) is 6.20. The van der Waals surface area contributed by atoms with Gasteiger partial charge in [-0.3, -0.25) is 14.2 Å². The predicted octanol–water partition coefficient (Wildman–Crippen LogP) is 1.37. The van der Waals surface area contributed by atoms with Crippen LogP contribution in [0, 0.1) is 0 Å². The number of hydrogen-bond acceptors (Lipinski definition) is 4. The third kappa shape index (κ3) is 4.63. The van der Waals surface area contributed by atoms with Crippen molar-refractivity contribution in [3.63, 3.8) is 0 Å². The quantitative estimate of drug-likeness (QED) is 0.557. The summed E-state index contributed by atoms with van der Waals surface area (Å²) in [6, 6.07) is 11.0. The number of benzene rings is 1. The molecule has 1 aromatic carbocycles. The number of para-hydroxylation sites is 1. The van der Waals surface area contributed by atoms with Crippen LogP contribution in [0.4, 0.5) is 0 Å². The van der Waals surface area contributed by atoms with Crippen LogP contribution in [-0.2, 0) is 24.4 Å². The lowest BCUT2D eigenvalue weighted by atomic mass is 10.2. The standard InChI is InChI=1S/C19H19ClN4O2S/c1-2-9-23(10-13-7-8-16(20)27-13)12-18-22-15-6-4-3-5-14(15)19(26)24(18)11-17(21)25/h2-8H,1,9-12H2,(H2,21,25)/p+1. The van der Waals surface area contributed by atoms with Gasteiger partial charge in [-0.1, -0.05) is 30.3 Å². The Balaban J connectivity index is 2.00. The summed E-state index contributed by atoms with van der Waals surface area (Å²) in [6.45, 7) is 5.46. The van der Waals surface area contributed by atoms with Gasteiger partial charge in [-0.15, -0.1) is 11.3 Å². The molecule has 0 fully saturated rings. The molecule has 27 heavy (non-hydrogen) atoms. The molecule has 0 radical (unpaired) electrons. The van der Waals surface area contributed by atoms with Gasteiger partial charge < -0.3 is 10.6 Å². The minimum Gasteiger partial charge on any atom is -0.368 e. The van der Waals surface area contributed by atoms with Crippen molar-refractivity contribution in [1.29, 1.82) is 0 Å². The van der Waals surface area contributed by atoms with E-state index in [-0.39, 0.29) is 12.1 Å². The lowest BCUT2D eigenvalue weighted by molar-refractivity contribution is -0.922. The summed E-state index contributed by atoms with van der Waals surface area (Å²) in [5.74, 6) is -0.0530. The van der Waals surface area contributed by atoms with Crippen molar-refractivity contribution in [3.05, 3.63) is 74.4 Å². The second-order valence-corrected chi connectivity index (χ2v) is 8.00. The number of rotatable bonds is 8. The highest BCUT2D eigenvalue weighted by Crippen LogP contribution is 2.20. The molecule has 0 bridgehead atoms. The molecule has 0 aliphatic rings.